The quantitative estimate of drug-likeness (QED) is 0.925. The molecule has 0 aliphatic carbocycles. The minimum atomic E-state index is -0.0835. The van der Waals surface area contributed by atoms with Crippen molar-refractivity contribution in [3.05, 3.63) is 40.7 Å². The van der Waals surface area contributed by atoms with Crippen molar-refractivity contribution < 1.29 is 4.39 Å². The number of rotatable bonds is 4. The summed E-state index contributed by atoms with van der Waals surface area (Å²) < 4.78 is 15.7. The molecule has 2 aromatic heterocycles. The molecule has 0 amide bonds. The second kappa shape index (κ2) is 6.49. The van der Waals surface area contributed by atoms with Crippen LogP contribution in [0.4, 0.5) is 4.39 Å². The highest BCUT2D eigenvalue weighted by Crippen LogP contribution is 2.10. The third-order valence-corrected chi connectivity index (χ3v) is 2.89. The van der Waals surface area contributed by atoms with Crippen molar-refractivity contribution >= 4 is 23.3 Å². The van der Waals surface area contributed by atoms with Gasteiger partial charge in [0.05, 0.1) is 30.0 Å². The van der Waals surface area contributed by atoms with Crippen LogP contribution in [0.1, 0.15) is 6.92 Å². The molecular weight excluding hydrogens is 271 g/mol. The van der Waals surface area contributed by atoms with E-state index in [9.17, 15) is 9.18 Å². The van der Waals surface area contributed by atoms with Crippen LogP contribution in [0.5, 0.6) is 0 Å². The monoisotopic (exact) mass is 286 g/mol. The zero-order valence-corrected chi connectivity index (χ0v) is 11.4. The number of nitrogens with zero attached hydrogens (tertiary/aromatic N) is 3. The van der Waals surface area contributed by atoms with Crippen LogP contribution in [0.25, 0.3) is 10.9 Å². The lowest BCUT2D eigenvalue weighted by Crippen LogP contribution is -2.18. The Kier molecular flexibility index (Phi) is 5.26. The van der Waals surface area contributed by atoms with Gasteiger partial charge in [0.2, 0.25) is 0 Å². The average Bonchev–Trinajstić information content (AvgIpc) is 2.80. The van der Waals surface area contributed by atoms with E-state index in [0.29, 0.717) is 29.4 Å². The number of nitrogens with two attached hydrogens (primary N) is 1. The van der Waals surface area contributed by atoms with Gasteiger partial charge in [0.25, 0.3) is 5.56 Å². The number of pyridine rings is 1. The fourth-order valence-corrected chi connectivity index (χ4v) is 1.83. The number of hydrogen-bond donors (Lipinski definition) is 1. The van der Waals surface area contributed by atoms with E-state index in [4.69, 9.17) is 5.73 Å². The molecule has 104 valence electrons. The Morgan fingerprint density at radius 1 is 1.58 bits per heavy atom. The minimum absolute atomic E-state index is 0. The molecule has 0 spiro atoms. The molecule has 5 nitrogen and oxygen atoms in total. The Balaban J connectivity index is 0.00000180. The van der Waals surface area contributed by atoms with Crippen LogP contribution in [0.15, 0.2) is 35.2 Å². The summed E-state index contributed by atoms with van der Waals surface area (Å²) in [5.41, 5.74) is 6.44. The molecule has 0 bridgehead atoms. The molecule has 0 unspecified atom stereocenters. The van der Waals surface area contributed by atoms with Gasteiger partial charge < -0.3 is 10.3 Å². The minimum Gasteiger partial charge on any atom is -0.327 e. The molecular formula is C12H16ClFN4O. The van der Waals surface area contributed by atoms with Crippen LogP contribution in [-0.4, -0.2) is 20.9 Å². The Morgan fingerprint density at radius 2 is 2.32 bits per heavy atom. The van der Waals surface area contributed by atoms with Crippen LogP contribution >= 0.6 is 12.4 Å². The van der Waals surface area contributed by atoms with E-state index in [1.54, 1.807) is 21.5 Å². The molecule has 2 N–H and O–H groups in total. The Labute approximate surface area is 115 Å². The molecule has 2 rings (SSSR count). The lowest BCUT2D eigenvalue weighted by Gasteiger charge is -2.06. The summed E-state index contributed by atoms with van der Waals surface area (Å²) in [5.74, 6) is 0. The second-order valence-corrected chi connectivity index (χ2v) is 3.98. The Bertz CT molecular complexity index is 647. The van der Waals surface area contributed by atoms with Gasteiger partial charge in [-0.2, -0.15) is 5.10 Å². The van der Waals surface area contributed by atoms with Gasteiger partial charge in [-0.1, -0.05) is 0 Å². The first-order valence-corrected chi connectivity index (χ1v) is 5.74. The summed E-state index contributed by atoms with van der Waals surface area (Å²) >= 11 is 0. The lowest BCUT2D eigenvalue weighted by atomic mass is 10.3. The Hall–Kier alpha value is -1.66. The van der Waals surface area contributed by atoms with E-state index >= 15 is 0 Å². The van der Waals surface area contributed by atoms with Crippen LogP contribution < -0.4 is 11.3 Å². The molecule has 0 saturated carbocycles. The summed E-state index contributed by atoms with van der Waals surface area (Å²) in [7, 11) is 0. The number of aromatic nitrogens is 3. The normalized spacial score (nSPS) is 11.6. The van der Waals surface area contributed by atoms with Gasteiger partial charge in [-0.25, -0.2) is 4.39 Å². The van der Waals surface area contributed by atoms with Crippen molar-refractivity contribution in [3.8, 4) is 0 Å². The highest BCUT2D eigenvalue weighted by molar-refractivity contribution is 5.85. The maximum Gasteiger partial charge on any atom is 0.261 e. The molecule has 19 heavy (non-hydrogen) atoms. The van der Waals surface area contributed by atoms with Gasteiger partial charge in [-0.3, -0.25) is 9.48 Å². The SMILES string of the molecule is CCn1ccc2c(cnn2CC(=CF)CN)c1=O.Cl. The maximum atomic E-state index is 12.5. The summed E-state index contributed by atoms with van der Waals surface area (Å²) in [5, 5.41) is 4.64. The summed E-state index contributed by atoms with van der Waals surface area (Å²) in [6.07, 6.45) is 3.71. The van der Waals surface area contributed by atoms with Crippen molar-refractivity contribution in [2.45, 2.75) is 20.0 Å². The Morgan fingerprint density at radius 3 is 2.89 bits per heavy atom. The first-order valence-electron chi connectivity index (χ1n) is 5.74. The molecule has 0 atom stereocenters. The average molecular weight is 287 g/mol. The van der Waals surface area contributed by atoms with E-state index in [2.05, 4.69) is 5.10 Å². The largest absolute Gasteiger partial charge is 0.327 e. The molecule has 0 saturated heterocycles. The van der Waals surface area contributed by atoms with Gasteiger partial charge in [-0.05, 0) is 18.6 Å². The smallest absolute Gasteiger partial charge is 0.261 e. The predicted molar refractivity (Wildman–Crippen MR) is 75.2 cm³/mol. The maximum absolute atomic E-state index is 12.5. The van der Waals surface area contributed by atoms with Gasteiger partial charge in [0, 0.05) is 19.3 Å². The van der Waals surface area contributed by atoms with E-state index < -0.39 is 0 Å². The first kappa shape index (κ1) is 15.4. The zero-order chi connectivity index (χ0) is 13.1. The topological polar surface area (TPSA) is 65.8 Å². The second-order valence-electron chi connectivity index (χ2n) is 3.98. The fraction of sp³-hybridized carbons (Fsp3) is 0.333. The van der Waals surface area contributed by atoms with Crippen molar-refractivity contribution in [1.29, 1.82) is 0 Å². The van der Waals surface area contributed by atoms with Crippen LogP contribution in [0, 0.1) is 0 Å². The van der Waals surface area contributed by atoms with Crippen LogP contribution in [-0.2, 0) is 13.1 Å². The van der Waals surface area contributed by atoms with Gasteiger partial charge in [0.15, 0.2) is 0 Å². The molecule has 2 heterocycles. The highest BCUT2D eigenvalue weighted by atomic mass is 35.5. The molecule has 0 aromatic carbocycles. The van der Waals surface area contributed by atoms with E-state index in [1.807, 2.05) is 6.92 Å². The number of aryl methyl sites for hydroxylation is 1. The molecule has 0 aliphatic heterocycles. The van der Waals surface area contributed by atoms with Crippen LogP contribution in [0.3, 0.4) is 0 Å². The fourth-order valence-electron chi connectivity index (χ4n) is 1.83. The molecule has 0 aliphatic rings. The molecule has 0 radical (unpaired) electrons. The first-order chi connectivity index (χ1) is 8.71. The molecule has 0 fully saturated rings. The highest BCUT2D eigenvalue weighted by Gasteiger charge is 2.08. The van der Waals surface area contributed by atoms with Gasteiger partial charge >= 0.3 is 0 Å². The van der Waals surface area contributed by atoms with Gasteiger partial charge in [-0.15, -0.1) is 12.4 Å². The summed E-state index contributed by atoms with van der Waals surface area (Å²) in [6, 6.07) is 1.81. The van der Waals surface area contributed by atoms with Crippen molar-refractivity contribution in [2.24, 2.45) is 5.73 Å². The third-order valence-electron chi connectivity index (χ3n) is 2.89. The molecule has 2 aromatic rings. The standard InChI is InChI=1S/C12H15FN4O.ClH/c1-2-16-4-3-11-10(12(16)18)7-15-17(11)8-9(5-13)6-14;/h3-5,7H,2,6,8,14H2,1H3;1H. The summed E-state index contributed by atoms with van der Waals surface area (Å²) in [6.45, 7) is 2.89. The van der Waals surface area contributed by atoms with Crippen LogP contribution in [0.2, 0.25) is 0 Å². The van der Waals surface area contributed by atoms with Crippen molar-refractivity contribution in [3.63, 3.8) is 0 Å². The number of hydrogen-bond acceptors (Lipinski definition) is 3. The lowest BCUT2D eigenvalue weighted by molar-refractivity contribution is 0.645. The van der Waals surface area contributed by atoms with E-state index in [0.717, 1.165) is 0 Å². The van der Waals surface area contributed by atoms with E-state index in [-0.39, 0.29) is 31.1 Å². The van der Waals surface area contributed by atoms with Crippen molar-refractivity contribution in [2.75, 3.05) is 6.54 Å². The number of fused-ring (bicyclic) bond motifs is 1. The van der Waals surface area contributed by atoms with E-state index in [1.165, 1.54) is 6.20 Å². The predicted octanol–water partition coefficient (Wildman–Crippen LogP) is 1.45. The number of halogens is 2. The van der Waals surface area contributed by atoms with Gasteiger partial charge in [0.1, 0.15) is 0 Å². The third kappa shape index (κ3) is 2.85. The molecule has 7 heteroatoms. The zero-order valence-electron chi connectivity index (χ0n) is 10.5. The summed E-state index contributed by atoms with van der Waals surface area (Å²) in [4.78, 5) is 12.0. The van der Waals surface area contributed by atoms with Crippen molar-refractivity contribution in [1.82, 2.24) is 14.3 Å².